The number of hydrogen-bond donors (Lipinski definition) is 2. The maximum absolute atomic E-state index is 13.2. The molecule has 0 aliphatic rings. The molecule has 3 aromatic carbocycles. The van der Waals surface area contributed by atoms with Crippen molar-refractivity contribution >= 4 is 5.97 Å². The highest BCUT2D eigenvalue weighted by Gasteiger charge is 2.18. The van der Waals surface area contributed by atoms with E-state index in [1.807, 2.05) is 0 Å². The smallest absolute Gasteiger partial charge is 0.338 e. The van der Waals surface area contributed by atoms with Gasteiger partial charge in [-0.1, -0.05) is 136 Å². The first kappa shape index (κ1) is 43.9. The van der Waals surface area contributed by atoms with Gasteiger partial charge in [0.1, 0.15) is 17.2 Å². The number of benzene rings is 3. The Morgan fingerprint density at radius 1 is 0.648 bits per heavy atom. The molecule has 0 bridgehead atoms. The largest absolute Gasteiger partial charge is 0.507 e. The number of esters is 1. The molecule has 4 aromatic rings. The Morgan fingerprint density at radius 2 is 1.22 bits per heavy atom. The van der Waals surface area contributed by atoms with Gasteiger partial charge in [0.05, 0.1) is 30.4 Å². The monoisotopic (exact) mass is 739 g/mol. The number of rotatable bonds is 21. The van der Waals surface area contributed by atoms with Crippen molar-refractivity contribution in [3.8, 4) is 51.4 Å². The van der Waals surface area contributed by atoms with Gasteiger partial charge in [0.2, 0.25) is 0 Å². The first-order chi connectivity index (χ1) is 26.1. The number of carbonyl (C=O) groups is 1. The fourth-order valence-electron chi connectivity index (χ4n) is 6.20. The third kappa shape index (κ3) is 14.4. The number of aromatic nitrogens is 3. The molecule has 8 heteroatoms. The van der Waals surface area contributed by atoms with Crippen LogP contribution in [0.15, 0.2) is 66.7 Å². The highest BCUT2D eigenvalue weighted by Crippen LogP contribution is 2.34. The van der Waals surface area contributed by atoms with Crippen LogP contribution >= 0.6 is 0 Å². The quantitative estimate of drug-likeness (QED) is 0.0641. The predicted molar refractivity (Wildman–Crippen MR) is 221 cm³/mol. The van der Waals surface area contributed by atoms with Crippen LogP contribution in [0, 0.1) is 17.8 Å². The Morgan fingerprint density at radius 3 is 1.80 bits per heavy atom. The molecule has 0 saturated heterocycles. The van der Waals surface area contributed by atoms with E-state index in [1.165, 1.54) is 77.4 Å². The zero-order valence-electron chi connectivity index (χ0n) is 33.9. The van der Waals surface area contributed by atoms with Gasteiger partial charge in [-0.05, 0) is 67.0 Å². The molecule has 54 heavy (non-hydrogen) atoms. The Kier molecular flexibility index (Phi) is 19.6. The Labute approximate surface area is 324 Å². The Balaban J connectivity index is 0.00000147. The molecule has 0 aliphatic heterocycles. The summed E-state index contributed by atoms with van der Waals surface area (Å²) in [6, 6.07) is 18.7. The van der Waals surface area contributed by atoms with Gasteiger partial charge in [-0.15, -0.1) is 0 Å². The SMILES string of the molecule is CCC(C)CCCCCC(CCCC(C)CC)COC(=O)c1ccc(-c2nc(-c3ccccc3O)nc(-c3ccc(OC)cc3O)n2)cc1.CCCCC. The van der Waals surface area contributed by atoms with Crippen molar-refractivity contribution in [3.63, 3.8) is 0 Å². The highest BCUT2D eigenvalue weighted by atomic mass is 16.5. The summed E-state index contributed by atoms with van der Waals surface area (Å²) in [6.45, 7) is 14.0. The number of para-hydroxylation sites is 1. The fourth-order valence-corrected chi connectivity index (χ4v) is 6.20. The standard InChI is InChI=1S/C41H53N3O5.C5H12/c1-6-28(3)14-9-8-10-16-30(17-13-15-29(4)7-2)27-49-41(47)32-22-20-31(21-23-32)38-42-39(34-18-11-12-19-36(34)45)44-40(43-38)35-25-24-33(48-5)26-37(35)46;1-3-5-4-2/h11-12,18-26,28-30,45-46H,6-10,13-17,27H2,1-5H3;3-5H2,1-2H3. The summed E-state index contributed by atoms with van der Waals surface area (Å²) in [5, 5.41) is 21.3. The van der Waals surface area contributed by atoms with Crippen LogP contribution in [0.4, 0.5) is 0 Å². The van der Waals surface area contributed by atoms with E-state index in [1.54, 1.807) is 60.7 Å². The third-order valence-corrected chi connectivity index (χ3v) is 10.3. The molecule has 1 heterocycles. The first-order valence-electron chi connectivity index (χ1n) is 20.3. The van der Waals surface area contributed by atoms with E-state index in [0.717, 1.165) is 25.2 Å². The van der Waals surface area contributed by atoms with E-state index in [-0.39, 0.29) is 29.1 Å². The zero-order valence-corrected chi connectivity index (χ0v) is 33.9. The van der Waals surface area contributed by atoms with Crippen LogP contribution in [0.5, 0.6) is 17.2 Å². The molecule has 0 aliphatic carbocycles. The second kappa shape index (κ2) is 24.0. The Bertz CT molecular complexity index is 1670. The number of phenols is 2. The van der Waals surface area contributed by atoms with Crippen LogP contribution in [-0.2, 0) is 4.74 Å². The van der Waals surface area contributed by atoms with Gasteiger partial charge in [-0.25, -0.2) is 19.7 Å². The molecule has 4 rings (SSSR count). The molecule has 0 radical (unpaired) electrons. The van der Waals surface area contributed by atoms with Gasteiger partial charge < -0.3 is 19.7 Å². The Hall–Kier alpha value is -4.46. The van der Waals surface area contributed by atoms with Crippen LogP contribution in [0.1, 0.15) is 135 Å². The molecule has 294 valence electrons. The van der Waals surface area contributed by atoms with Gasteiger partial charge in [-0.3, -0.25) is 0 Å². The number of ether oxygens (including phenoxy) is 2. The normalized spacial score (nSPS) is 12.6. The summed E-state index contributed by atoms with van der Waals surface area (Å²) in [5.41, 5.74) is 1.91. The molecular weight excluding hydrogens is 675 g/mol. The molecule has 8 nitrogen and oxygen atoms in total. The van der Waals surface area contributed by atoms with Crippen LogP contribution < -0.4 is 4.74 Å². The summed E-state index contributed by atoms with van der Waals surface area (Å²) >= 11 is 0. The number of nitrogens with zero attached hydrogens (tertiary/aromatic N) is 3. The van der Waals surface area contributed by atoms with Crippen molar-refractivity contribution in [1.82, 2.24) is 15.0 Å². The van der Waals surface area contributed by atoms with Crippen molar-refractivity contribution in [2.24, 2.45) is 17.8 Å². The average Bonchev–Trinajstić information content (AvgIpc) is 3.19. The second-order valence-corrected chi connectivity index (χ2v) is 14.7. The minimum Gasteiger partial charge on any atom is -0.507 e. The van der Waals surface area contributed by atoms with E-state index in [9.17, 15) is 15.0 Å². The molecule has 0 amide bonds. The van der Waals surface area contributed by atoms with Crippen molar-refractivity contribution < 1.29 is 24.5 Å². The zero-order chi connectivity index (χ0) is 39.3. The maximum atomic E-state index is 13.2. The summed E-state index contributed by atoms with van der Waals surface area (Å²) in [4.78, 5) is 27.1. The molecule has 0 saturated carbocycles. The molecule has 3 atom stereocenters. The molecule has 3 unspecified atom stereocenters. The molecule has 0 spiro atoms. The summed E-state index contributed by atoms with van der Waals surface area (Å²) < 4.78 is 11.1. The summed E-state index contributed by atoms with van der Waals surface area (Å²) in [6.07, 6.45) is 16.0. The fraction of sp³-hybridized carbons (Fsp3) is 0.522. The summed E-state index contributed by atoms with van der Waals surface area (Å²) in [5.74, 6) is 2.78. The average molecular weight is 740 g/mol. The third-order valence-electron chi connectivity index (χ3n) is 10.3. The van der Waals surface area contributed by atoms with Crippen LogP contribution in [-0.4, -0.2) is 44.9 Å². The minimum absolute atomic E-state index is 0.0203. The van der Waals surface area contributed by atoms with Crippen molar-refractivity contribution in [3.05, 3.63) is 72.3 Å². The summed E-state index contributed by atoms with van der Waals surface area (Å²) in [7, 11) is 1.52. The number of aromatic hydroxyl groups is 2. The highest BCUT2D eigenvalue weighted by molar-refractivity contribution is 5.90. The second-order valence-electron chi connectivity index (χ2n) is 14.7. The van der Waals surface area contributed by atoms with E-state index >= 15 is 0 Å². The van der Waals surface area contributed by atoms with E-state index < -0.39 is 0 Å². The lowest BCUT2D eigenvalue weighted by molar-refractivity contribution is 0.0421. The van der Waals surface area contributed by atoms with Gasteiger partial charge in [0, 0.05) is 11.6 Å². The molecule has 2 N–H and O–H groups in total. The van der Waals surface area contributed by atoms with Gasteiger partial charge >= 0.3 is 5.97 Å². The molecule has 1 aromatic heterocycles. The lowest BCUT2D eigenvalue weighted by Gasteiger charge is -2.18. The van der Waals surface area contributed by atoms with Crippen molar-refractivity contribution in [1.29, 1.82) is 0 Å². The molecular formula is C46H65N3O5. The van der Waals surface area contributed by atoms with Crippen LogP contribution in [0.2, 0.25) is 0 Å². The van der Waals surface area contributed by atoms with Gasteiger partial charge in [-0.2, -0.15) is 0 Å². The van der Waals surface area contributed by atoms with Crippen LogP contribution in [0.3, 0.4) is 0 Å². The first-order valence-corrected chi connectivity index (χ1v) is 20.3. The van der Waals surface area contributed by atoms with Crippen molar-refractivity contribution in [2.45, 2.75) is 125 Å². The predicted octanol–water partition coefficient (Wildman–Crippen LogP) is 12.5. The molecule has 0 fully saturated rings. The van der Waals surface area contributed by atoms with E-state index in [2.05, 4.69) is 56.5 Å². The topological polar surface area (TPSA) is 115 Å². The van der Waals surface area contributed by atoms with E-state index in [0.29, 0.717) is 52.3 Å². The maximum Gasteiger partial charge on any atom is 0.338 e. The number of carbonyl (C=O) groups excluding carboxylic acids is 1. The van der Waals surface area contributed by atoms with E-state index in [4.69, 9.17) is 9.47 Å². The minimum atomic E-state index is -0.343. The lowest BCUT2D eigenvalue weighted by atomic mass is 9.92. The van der Waals surface area contributed by atoms with Crippen molar-refractivity contribution in [2.75, 3.05) is 13.7 Å². The van der Waals surface area contributed by atoms with Gasteiger partial charge in [0.15, 0.2) is 17.5 Å². The lowest BCUT2D eigenvalue weighted by Crippen LogP contribution is -2.15. The number of phenolic OH excluding ortho intramolecular Hbond substituents is 2. The number of hydrogen-bond acceptors (Lipinski definition) is 8. The van der Waals surface area contributed by atoms with Gasteiger partial charge in [0.25, 0.3) is 0 Å². The van der Waals surface area contributed by atoms with Crippen LogP contribution in [0.25, 0.3) is 34.2 Å². The number of unbranched alkanes of at least 4 members (excludes halogenated alkanes) is 4. The number of methoxy groups -OCH3 is 1.